The van der Waals surface area contributed by atoms with Gasteiger partial charge in [0, 0.05) is 47.6 Å². The third kappa shape index (κ3) is 8.79. The Kier molecular flexibility index (Phi) is 12.5. The summed E-state index contributed by atoms with van der Waals surface area (Å²) < 4.78 is 25.5. The van der Waals surface area contributed by atoms with Crippen molar-refractivity contribution < 1.29 is 27.7 Å². The van der Waals surface area contributed by atoms with Crippen LogP contribution in [-0.4, -0.2) is 17.2 Å². The Labute approximate surface area is 534 Å². The quantitative estimate of drug-likeness (QED) is 0.135. The van der Waals surface area contributed by atoms with Gasteiger partial charge in [-0.2, -0.15) is 0 Å². The molecule has 0 aliphatic carbocycles. The molecule has 0 unspecified atom stereocenters. The zero-order valence-electron chi connectivity index (χ0n) is 49.2. The van der Waals surface area contributed by atoms with Gasteiger partial charge in [-0.25, -0.2) is 0 Å². The summed E-state index contributed by atoms with van der Waals surface area (Å²) in [6, 6.07) is 101. The van der Waals surface area contributed by atoms with Gasteiger partial charge < -0.3 is 27.7 Å². The van der Waals surface area contributed by atoms with Crippen molar-refractivity contribution in [1.82, 2.24) is 0 Å². The summed E-state index contributed by atoms with van der Waals surface area (Å²) in [5.41, 5.74) is 14.8. The van der Waals surface area contributed by atoms with Crippen LogP contribution >= 0.6 is 15.9 Å². The first-order valence-corrected chi connectivity index (χ1v) is 31.6. The van der Waals surface area contributed by atoms with Gasteiger partial charge >= 0.3 is 7.12 Å². The molecule has 0 amide bonds. The number of para-hydroxylation sites is 2. The van der Waals surface area contributed by atoms with Crippen LogP contribution in [0.4, 0.5) is 0 Å². The minimum atomic E-state index is -1.55. The van der Waals surface area contributed by atoms with Gasteiger partial charge in [-0.3, -0.25) is 0 Å². The van der Waals surface area contributed by atoms with E-state index in [1.165, 1.54) is 70.7 Å². The highest BCUT2D eigenvalue weighted by molar-refractivity contribution is 9.10. The zero-order chi connectivity index (χ0) is 61.1. The van der Waals surface area contributed by atoms with Crippen LogP contribution in [0.5, 0.6) is 0 Å². The molecule has 432 valence electrons. The summed E-state index contributed by atoms with van der Waals surface area (Å²) in [6.45, 7) is 0. The Balaban J connectivity index is 0.000000112. The molecule has 2 N–H and O–H groups in total. The smallest absolute Gasteiger partial charge is 0.456 e. The molecule has 0 aliphatic heterocycles. The molecule has 0 fully saturated rings. The van der Waals surface area contributed by atoms with Crippen molar-refractivity contribution in [2.75, 3.05) is 0 Å². The molecule has 0 spiro atoms. The molecule has 92 heavy (non-hydrogen) atoms. The highest BCUT2D eigenvalue weighted by atomic mass is 79.9. The van der Waals surface area contributed by atoms with Gasteiger partial charge in [0.05, 0.1) is 0 Å². The van der Waals surface area contributed by atoms with E-state index in [1.807, 2.05) is 103 Å². The fourth-order valence-corrected chi connectivity index (χ4v) is 14.7. The molecule has 16 aromatic carbocycles. The van der Waals surface area contributed by atoms with Gasteiger partial charge in [0.15, 0.2) is 0 Å². The van der Waals surface area contributed by atoms with E-state index in [4.69, 9.17) is 17.7 Å². The molecule has 0 bridgehead atoms. The van der Waals surface area contributed by atoms with Crippen LogP contribution < -0.4 is 5.46 Å². The SMILES string of the molecule is Brc1ccc2oc3cc4ccccc4cc3c2c1.OB(O)c1c2ccccc2c(-c2ccc3oc4ccccc4c3c2)c2ccccc12.c1ccc2cc3c(cc2c1)oc1ccc(-c2c4ccccc4c(-c4ccc5oc6ccccc6c5c4)c4ccccc24)cc13. The van der Waals surface area contributed by atoms with Crippen molar-refractivity contribution in [3.63, 3.8) is 0 Å². The van der Waals surface area contributed by atoms with Crippen LogP contribution in [0.2, 0.25) is 0 Å². The van der Waals surface area contributed by atoms with Gasteiger partial charge in [0.25, 0.3) is 0 Å². The Morgan fingerprint density at radius 2 is 0.478 bits per heavy atom. The second-order valence-electron chi connectivity index (χ2n) is 23.7. The lowest BCUT2D eigenvalue weighted by atomic mass is 9.72. The maximum absolute atomic E-state index is 10.2. The van der Waals surface area contributed by atoms with Crippen molar-refractivity contribution in [2.24, 2.45) is 0 Å². The maximum atomic E-state index is 10.2. The summed E-state index contributed by atoms with van der Waals surface area (Å²) in [4.78, 5) is 0. The highest BCUT2D eigenvalue weighted by Crippen LogP contribution is 2.47. The van der Waals surface area contributed by atoms with Crippen LogP contribution in [0.25, 0.3) is 186 Å². The maximum Gasteiger partial charge on any atom is 0.489 e. The second kappa shape index (κ2) is 21.5. The van der Waals surface area contributed by atoms with E-state index < -0.39 is 7.12 Å². The number of benzene rings is 16. The Hall–Kier alpha value is -11.3. The predicted octanol–water partition coefficient (Wildman–Crippen LogP) is 23.0. The number of halogens is 1. The Morgan fingerprint density at radius 3 is 0.859 bits per heavy atom. The number of furan rings is 4. The second-order valence-corrected chi connectivity index (χ2v) is 24.6. The van der Waals surface area contributed by atoms with E-state index in [0.717, 1.165) is 120 Å². The average Bonchev–Trinajstić information content (AvgIpc) is 0.908. The largest absolute Gasteiger partial charge is 0.489 e. The third-order valence-corrected chi connectivity index (χ3v) is 18.9. The van der Waals surface area contributed by atoms with Crippen molar-refractivity contribution >= 4 is 181 Å². The van der Waals surface area contributed by atoms with E-state index in [-0.39, 0.29) is 0 Å². The molecule has 0 radical (unpaired) electrons. The number of rotatable bonds is 4. The average molecular weight is 1250 g/mol. The summed E-state index contributed by atoms with van der Waals surface area (Å²) in [7, 11) is -1.55. The third-order valence-electron chi connectivity index (χ3n) is 18.4. The van der Waals surface area contributed by atoms with E-state index in [1.54, 1.807) is 0 Å². The van der Waals surface area contributed by atoms with Gasteiger partial charge in [-0.05, 0) is 194 Å². The number of hydrogen-bond donors (Lipinski definition) is 2. The standard InChI is InChI=1S/C42H24O2.C26H17BO3.C16H9BrO/c1-2-10-26-24-40-36(21-25(26)9-1)35-23-28(18-20-39(35)44-40)42-32-14-5-3-12-30(32)41(31-13-4-6-15-33(31)42)27-17-19-38-34(22-27)29-11-7-8-16-37(29)43-38;28-27(29)26-20-10-3-1-8-18(20)25(19-9-2-4-11-21(19)26)16-13-14-24-22(15-16)17-7-5-6-12-23(17)30-24;17-12-5-6-15-14(9-12)13-7-10-3-1-2-4-11(10)8-16(13)18-15/h1-24H;1-15,28-29H;1-9H. The fraction of sp³-hybridized carbons (Fsp3) is 0. The molecule has 0 saturated carbocycles. The first-order chi connectivity index (χ1) is 45.3. The van der Waals surface area contributed by atoms with Gasteiger partial charge in [-0.1, -0.05) is 216 Å². The number of hydrogen-bond acceptors (Lipinski definition) is 6. The predicted molar refractivity (Wildman–Crippen MR) is 387 cm³/mol. The lowest BCUT2D eigenvalue weighted by Gasteiger charge is -2.18. The first-order valence-electron chi connectivity index (χ1n) is 30.8. The van der Waals surface area contributed by atoms with Crippen molar-refractivity contribution in [2.45, 2.75) is 0 Å². The monoisotopic (exact) mass is 1240 g/mol. The normalized spacial score (nSPS) is 11.9. The minimum Gasteiger partial charge on any atom is -0.456 e. The number of fused-ring (bicyclic) bond motifs is 18. The van der Waals surface area contributed by atoms with Crippen molar-refractivity contribution in [3.8, 4) is 33.4 Å². The van der Waals surface area contributed by atoms with E-state index in [9.17, 15) is 10.0 Å². The topological polar surface area (TPSA) is 93.0 Å². The van der Waals surface area contributed by atoms with E-state index in [2.05, 4.69) is 204 Å². The molecule has 0 aliphatic rings. The molecular weight excluding hydrogens is 1200 g/mol. The highest BCUT2D eigenvalue weighted by Gasteiger charge is 2.24. The van der Waals surface area contributed by atoms with Crippen molar-refractivity contribution in [3.05, 3.63) is 296 Å². The van der Waals surface area contributed by atoms with Crippen LogP contribution in [0.1, 0.15) is 0 Å². The van der Waals surface area contributed by atoms with Crippen LogP contribution in [0.3, 0.4) is 0 Å². The molecule has 8 heteroatoms. The fourth-order valence-electron chi connectivity index (χ4n) is 14.3. The molecule has 20 rings (SSSR count). The molecule has 0 atom stereocenters. The van der Waals surface area contributed by atoms with Gasteiger partial charge in [0.1, 0.15) is 44.7 Å². The molecule has 6 nitrogen and oxygen atoms in total. The molecule has 20 aromatic rings. The van der Waals surface area contributed by atoms with Gasteiger partial charge in [-0.15, -0.1) is 0 Å². The van der Waals surface area contributed by atoms with Crippen LogP contribution in [-0.2, 0) is 0 Å². The Morgan fingerprint density at radius 1 is 0.217 bits per heavy atom. The molecule has 4 aromatic heterocycles. The lowest BCUT2D eigenvalue weighted by molar-refractivity contribution is 0.426. The van der Waals surface area contributed by atoms with E-state index in [0.29, 0.717) is 5.46 Å². The van der Waals surface area contributed by atoms with E-state index >= 15 is 0 Å². The molecular formula is C84H50BBrO6. The summed E-state index contributed by atoms with van der Waals surface area (Å²) in [6.07, 6.45) is 0. The minimum absolute atomic E-state index is 0.541. The lowest BCUT2D eigenvalue weighted by Crippen LogP contribution is -2.31. The zero-order valence-corrected chi connectivity index (χ0v) is 50.8. The first kappa shape index (κ1) is 53.7. The van der Waals surface area contributed by atoms with Crippen LogP contribution in [0.15, 0.2) is 313 Å². The van der Waals surface area contributed by atoms with Crippen LogP contribution in [0, 0.1) is 0 Å². The Bertz CT molecular complexity index is 6290. The van der Waals surface area contributed by atoms with Crippen molar-refractivity contribution in [1.29, 1.82) is 0 Å². The summed E-state index contributed by atoms with van der Waals surface area (Å²) in [5, 5.41) is 42.8. The van der Waals surface area contributed by atoms with Gasteiger partial charge in [0.2, 0.25) is 0 Å². The molecule has 4 heterocycles. The molecule has 0 saturated heterocycles. The summed E-state index contributed by atoms with van der Waals surface area (Å²) in [5.74, 6) is 0. The summed E-state index contributed by atoms with van der Waals surface area (Å²) >= 11 is 3.51.